The fourth-order valence-corrected chi connectivity index (χ4v) is 6.05. The number of fused-ring (bicyclic) bond motifs is 2. The van der Waals surface area contributed by atoms with Gasteiger partial charge in [0.15, 0.2) is 0 Å². The van der Waals surface area contributed by atoms with Crippen molar-refractivity contribution in [2.75, 3.05) is 16.2 Å². The summed E-state index contributed by atoms with van der Waals surface area (Å²) in [5, 5.41) is 1.88. The van der Waals surface area contributed by atoms with Crippen molar-refractivity contribution in [3.8, 4) is 0 Å². The van der Waals surface area contributed by atoms with Crippen molar-refractivity contribution >= 4 is 38.6 Å². The lowest BCUT2D eigenvalue weighted by atomic mass is 9.92. The van der Waals surface area contributed by atoms with Crippen molar-refractivity contribution in [2.45, 2.75) is 37.0 Å². The third-order valence-electron chi connectivity index (χ3n) is 5.84. The topological polar surface area (TPSA) is 66.5 Å². The number of thiophene rings is 1. The Hall–Kier alpha value is -2.64. The summed E-state index contributed by atoms with van der Waals surface area (Å²) in [5.41, 5.74) is 4.68. The highest BCUT2D eigenvalue weighted by molar-refractivity contribution is 7.92. The monoisotopic (exact) mass is 438 g/mol. The second-order valence-electron chi connectivity index (χ2n) is 7.77. The molecule has 5 nitrogen and oxygen atoms in total. The molecule has 0 spiro atoms. The lowest BCUT2D eigenvalue weighted by Gasteiger charge is -2.18. The van der Waals surface area contributed by atoms with E-state index in [2.05, 4.69) is 4.72 Å². The van der Waals surface area contributed by atoms with Gasteiger partial charge in [-0.25, -0.2) is 8.42 Å². The van der Waals surface area contributed by atoms with Gasteiger partial charge >= 0.3 is 0 Å². The number of anilines is 2. The Morgan fingerprint density at radius 1 is 0.933 bits per heavy atom. The summed E-state index contributed by atoms with van der Waals surface area (Å²) >= 11 is 1.41. The molecule has 0 radical (unpaired) electrons. The summed E-state index contributed by atoms with van der Waals surface area (Å²) < 4.78 is 28.7. The number of aryl methyl sites for hydroxylation is 2. The highest BCUT2D eigenvalue weighted by atomic mass is 32.2. The summed E-state index contributed by atoms with van der Waals surface area (Å²) in [5.74, 6) is -0.0431. The molecule has 0 unspecified atom stereocenters. The normalized spacial score (nSPS) is 15.5. The number of rotatable bonds is 4. The highest BCUT2D eigenvalue weighted by Gasteiger charge is 2.27. The van der Waals surface area contributed by atoms with E-state index in [-0.39, 0.29) is 10.8 Å². The molecular weight excluding hydrogens is 416 g/mol. The molecule has 1 amide bonds. The fraction of sp³-hybridized carbons (Fsp3) is 0.261. The smallest absolute Gasteiger partial charge is 0.268 e. The number of hydrogen-bond donors (Lipinski definition) is 1. The number of carbonyl (C=O) groups is 1. The minimum atomic E-state index is -3.70. The van der Waals surface area contributed by atoms with Gasteiger partial charge in [0.25, 0.3) is 15.9 Å². The highest BCUT2D eigenvalue weighted by Crippen LogP contribution is 2.33. The molecular formula is C23H22N2O3S2. The van der Waals surface area contributed by atoms with E-state index in [4.69, 9.17) is 0 Å². The van der Waals surface area contributed by atoms with Crippen LogP contribution in [-0.4, -0.2) is 20.9 Å². The fourth-order valence-electron chi connectivity index (χ4n) is 4.28. The van der Waals surface area contributed by atoms with Gasteiger partial charge in [0.2, 0.25) is 0 Å². The van der Waals surface area contributed by atoms with E-state index in [1.165, 1.54) is 16.9 Å². The molecule has 2 aliphatic rings. The van der Waals surface area contributed by atoms with Crippen LogP contribution in [0.4, 0.5) is 11.4 Å². The molecule has 0 bridgehead atoms. The van der Waals surface area contributed by atoms with Crippen LogP contribution in [0.15, 0.2) is 58.8 Å². The predicted octanol–water partition coefficient (Wildman–Crippen LogP) is 4.63. The molecule has 1 aromatic heterocycles. The van der Waals surface area contributed by atoms with Crippen molar-refractivity contribution in [3.63, 3.8) is 0 Å². The first-order valence-electron chi connectivity index (χ1n) is 10.1. The van der Waals surface area contributed by atoms with Gasteiger partial charge in [-0.1, -0.05) is 18.2 Å². The van der Waals surface area contributed by atoms with Crippen molar-refractivity contribution < 1.29 is 13.2 Å². The van der Waals surface area contributed by atoms with Crippen LogP contribution in [0.5, 0.6) is 0 Å². The second-order valence-corrected chi connectivity index (χ2v) is 10.4. The molecule has 7 heteroatoms. The van der Waals surface area contributed by atoms with Crippen molar-refractivity contribution in [1.29, 1.82) is 0 Å². The molecule has 1 N–H and O–H groups in total. The number of nitrogens with zero attached hydrogens (tertiary/aromatic N) is 1. The number of amides is 1. The van der Waals surface area contributed by atoms with Crippen LogP contribution in [0.2, 0.25) is 0 Å². The zero-order valence-corrected chi connectivity index (χ0v) is 18.1. The predicted molar refractivity (Wildman–Crippen MR) is 120 cm³/mol. The third kappa shape index (κ3) is 3.52. The van der Waals surface area contributed by atoms with Gasteiger partial charge in [-0.05, 0) is 84.5 Å². The maximum absolute atomic E-state index is 13.0. The first-order chi connectivity index (χ1) is 14.5. The Kier molecular flexibility index (Phi) is 4.87. The molecule has 5 rings (SSSR count). The molecule has 2 heterocycles. The molecule has 0 atom stereocenters. The molecule has 1 aliphatic heterocycles. The van der Waals surface area contributed by atoms with E-state index < -0.39 is 10.0 Å². The van der Waals surface area contributed by atoms with Crippen LogP contribution in [0.3, 0.4) is 0 Å². The van der Waals surface area contributed by atoms with Gasteiger partial charge in [0.1, 0.15) is 0 Å². The van der Waals surface area contributed by atoms with Crippen LogP contribution < -0.4 is 9.62 Å². The lowest BCUT2D eigenvalue weighted by molar-refractivity contribution is 0.0993. The van der Waals surface area contributed by atoms with Crippen molar-refractivity contribution in [2.24, 2.45) is 0 Å². The minimum Gasteiger partial charge on any atom is -0.307 e. The Labute approximate surface area is 180 Å². The van der Waals surface area contributed by atoms with Gasteiger partial charge in [-0.15, -0.1) is 11.3 Å². The van der Waals surface area contributed by atoms with Crippen LogP contribution in [0.1, 0.15) is 39.2 Å². The van der Waals surface area contributed by atoms with E-state index in [1.807, 2.05) is 29.6 Å². The molecule has 154 valence electrons. The Bertz CT molecular complexity index is 1220. The Morgan fingerprint density at radius 2 is 1.73 bits per heavy atom. The molecule has 1 aliphatic carbocycles. The summed E-state index contributed by atoms with van der Waals surface area (Å²) in [6.45, 7) is 0.604. The molecule has 3 aromatic rings. The Morgan fingerprint density at radius 3 is 2.53 bits per heavy atom. The Balaban J connectivity index is 1.42. The quantitative estimate of drug-likeness (QED) is 0.646. The zero-order valence-electron chi connectivity index (χ0n) is 16.4. The first kappa shape index (κ1) is 19.3. The zero-order chi connectivity index (χ0) is 20.7. The number of sulfonamides is 1. The third-order valence-corrected chi connectivity index (χ3v) is 8.08. The average Bonchev–Trinajstić information content (AvgIpc) is 3.43. The van der Waals surface area contributed by atoms with Gasteiger partial charge < -0.3 is 4.90 Å². The second kappa shape index (κ2) is 7.56. The lowest BCUT2D eigenvalue weighted by Crippen LogP contribution is -2.28. The van der Waals surface area contributed by atoms with Crippen LogP contribution in [-0.2, 0) is 29.3 Å². The van der Waals surface area contributed by atoms with Crippen LogP contribution >= 0.6 is 11.3 Å². The van der Waals surface area contributed by atoms with Crippen LogP contribution in [0, 0.1) is 0 Å². The van der Waals surface area contributed by atoms with Gasteiger partial charge in [-0.2, -0.15) is 0 Å². The maximum atomic E-state index is 13.0. The van der Waals surface area contributed by atoms with Crippen LogP contribution in [0.25, 0.3) is 0 Å². The van der Waals surface area contributed by atoms with E-state index in [1.54, 1.807) is 29.2 Å². The summed E-state index contributed by atoms with van der Waals surface area (Å²) in [7, 11) is -3.70. The van der Waals surface area contributed by atoms with Crippen molar-refractivity contribution in [3.05, 3.63) is 75.5 Å². The largest absolute Gasteiger partial charge is 0.307 e. The number of hydrogen-bond acceptors (Lipinski definition) is 4. The summed E-state index contributed by atoms with van der Waals surface area (Å²) in [4.78, 5) is 15.5. The summed E-state index contributed by atoms with van der Waals surface area (Å²) in [6.07, 6.45) is 4.97. The van der Waals surface area contributed by atoms with E-state index in [9.17, 15) is 13.2 Å². The van der Waals surface area contributed by atoms with Crippen molar-refractivity contribution in [1.82, 2.24) is 0 Å². The van der Waals surface area contributed by atoms with Gasteiger partial charge in [-0.3, -0.25) is 9.52 Å². The first-order valence-corrected chi connectivity index (χ1v) is 12.5. The average molecular weight is 439 g/mol. The molecule has 0 fully saturated rings. The van der Waals surface area contributed by atoms with Gasteiger partial charge in [0, 0.05) is 12.2 Å². The summed E-state index contributed by atoms with van der Waals surface area (Å²) in [6, 6.07) is 14.5. The van der Waals surface area contributed by atoms with E-state index in [0.29, 0.717) is 17.1 Å². The standard InChI is InChI=1S/C23H22N2O3S2/c26-23(22-6-3-13-29-22)25-12-11-17-7-9-19(15-21(17)25)24-30(27,28)20-10-8-16-4-1-2-5-18(16)14-20/h3,6-10,13-15,24H,1-2,4-5,11-12H2. The molecule has 30 heavy (non-hydrogen) atoms. The molecule has 0 saturated heterocycles. The SMILES string of the molecule is O=C(c1cccs1)N1CCc2ccc(NS(=O)(=O)c3ccc4c(c3)CCCC4)cc21. The minimum absolute atomic E-state index is 0.0431. The molecule has 2 aromatic carbocycles. The van der Waals surface area contributed by atoms with E-state index in [0.717, 1.165) is 48.9 Å². The number of benzene rings is 2. The van der Waals surface area contributed by atoms with Gasteiger partial charge in [0.05, 0.1) is 15.5 Å². The van der Waals surface area contributed by atoms with E-state index >= 15 is 0 Å². The molecule has 0 saturated carbocycles. The number of carbonyl (C=O) groups excluding carboxylic acids is 1. The number of nitrogens with one attached hydrogen (secondary N) is 1. The maximum Gasteiger partial charge on any atom is 0.268 e.